The molecule has 2 nitrogen and oxygen atoms in total. The van der Waals surface area contributed by atoms with E-state index in [1.165, 1.54) is 18.5 Å². The van der Waals surface area contributed by atoms with Crippen LogP contribution in [0.1, 0.15) is 12.0 Å². The van der Waals surface area contributed by atoms with Crippen LogP contribution in [0.25, 0.3) is 0 Å². The molecule has 1 radical (unpaired) electrons. The number of piperazine rings is 1. The fraction of sp³-hybridized carbons (Fsp3) is 0.500. The first kappa shape index (κ1) is 8.45. The molecule has 2 saturated heterocycles. The van der Waals surface area contributed by atoms with Crippen molar-refractivity contribution in [3.63, 3.8) is 0 Å². The van der Waals surface area contributed by atoms with Crippen LogP contribution in [-0.4, -0.2) is 30.1 Å². The molecule has 1 unspecified atom stereocenters. The zero-order valence-corrected chi connectivity index (χ0v) is 8.26. The molecule has 2 fully saturated rings. The van der Waals surface area contributed by atoms with E-state index in [9.17, 15) is 0 Å². The van der Waals surface area contributed by atoms with Crippen molar-refractivity contribution < 1.29 is 0 Å². The van der Waals surface area contributed by atoms with Crippen LogP contribution in [-0.2, 0) is 6.54 Å². The van der Waals surface area contributed by atoms with E-state index in [0.29, 0.717) is 6.04 Å². The van der Waals surface area contributed by atoms with Gasteiger partial charge >= 0.3 is 0 Å². The Balaban J connectivity index is 1.69. The number of nitrogens with zero attached hydrogens (tertiary/aromatic N) is 2. The minimum Gasteiger partial charge on any atom is -0.293 e. The average Bonchev–Trinajstić information content (AvgIpc) is 2.81. The van der Waals surface area contributed by atoms with Crippen LogP contribution in [0.2, 0.25) is 0 Å². The Kier molecular flexibility index (Phi) is 2.03. The van der Waals surface area contributed by atoms with Crippen molar-refractivity contribution in [1.29, 1.82) is 0 Å². The Morgan fingerprint density at radius 3 is 2.79 bits per heavy atom. The maximum absolute atomic E-state index is 4.55. The van der Waals surface area contributed by atoms with Gasteiger partial charge in [0, 0.05) is 31.7 Å². The maximum atomic E-state index is 4.55. The van der Waals surface area contributed by atoms with Gasteiger partial charge in [-0.1, -0.05) is 30.3 Å². The summed E-state index contributed by atoms with van der Waals surface area (Å²) in [5.41, 5.74) is 1.43. The molecule has 0 saturated carbocycles. The van der Waals surface area contributed by atoms with Crippen LogP contribution >= 0.6 is 0 Å². The summed E-state index contributed by atoms with van der Waals surface area (Å²) in [6.07, 6.45) is 1.30. The maximum Gasteiger partial charge on any atom is 0.0389 e. The van der Waals surface area contributed by atoms with E-state index < -0.39 is 0 Å². The van der Waals surface area contributed by atoms with Crippen molar-refractivity contribution in [1.82, 2.24) is 10.2 Å². The van der Waals surface area contributed by atoms with Crippen LogP contribution in [0, 0.1) is 0 Å². The van der Waals surface area contributed by atoms with Crippen molar-refractivity contribution in [3.05, 3.63) is 35.9 Å². The molecule has 14 heavy (non-hydrogen) atoms. The summed E-state index contributed by atoms with van der Waals surface area (Å²) in [5, 5.41) is 4.55. The molecule has 1 aromatic rings. The lowest BCUT2D eigenvalue weighted by molar-refractivity contribution is 0.216. The zero-order valence-electron chi connectivity index (χ0n) is 8.26. The highest BCUT2D eigenvalue weighted by molar-refractivity contribution is 5.15. The molecule has 0 aliphatic carbocycles. The SMILES string of the molecule is c1ccc(CN2CC3C[C@H]2C[N]3)cc1. The van der Waals surface area contributed by atoms with E-state index >= 15 is 0 Å². The minimum atomic E-state index is 0.642. The summed E-state index contributed by atoms with van der Waals surface area (Å²) >= 11 is 0. The molecule has 0 spiro atoms. The molecule has 2 heterocycles. The number of hydrogen-bond donors (Lipinski definition) is 0. The largest absolute Gasteiger partial charge is 0.293 e. The van der Waals surface area contributed by atoms with Gasteiger partial charge in [0.15, 0.2) is 0 Å². The predicted molar refractivity (Wildman–Crippen MR) is 56.0 cm³/mol. The van der Waals surface area contributed by atoms with Crippen LogP contribution in [0.15, 0.2) is 30.3 Å². The highest BCUT2D eigenvalue weighted by atomic mass is 15.3. The first-order chi connectivity index (χ1) is 6.92. The number of likely N-dealkylation sites (tertiary alicyclic amines) is 1. The van der Waals surface area contributed by atoms with E-state index in [2.05, 4.69) is 40.5 Å². The molecule has 2 heteroatoms. The summed E-state index contributed by atoms with van der Waals surface area (Å²) in [4.78, 5) is 2.58. The van der Waals surface area contributed by atoms with Gasteiger partial charge in [0.2, 0.25) is 0 Å². The second kappa shape index (κ2) is 3.37. The van der Waals surface area contributed by atoms with E-state index in [1.54, 1.807) is 0 Å². The molecule has 0 amide bonds. The fourth-order valence-electron chi connectivity index (χ4n) is 2.56. The van der Waals surface area contributed by atoms with Crippen molar-refractivity contribution in [3.8, 4) is 0 Å². The van der Waals surface area contributed by atoms with Gasteiger partial charge in [-0.2, -0.15) is 0 Å². The normalized spacial score (nSPS) is 31.1. The van der Waals surface area contributed by atoms with Gasteiger partial charge in [-0.3, -0.25) is 4.90 Å². The Labute approximate surface area is 84.9 Å². The first-order valence-electron chi connectivity index (χ1n) is 5.36. The quantitative estimate of drug-likeness (QED) is 0.681. The first-order valence-corrected chi connectivity index (χ1v) is 5.36. The van der Waals surface area contributed by atoms with Gasteiger partial charge < -0.3 is 0 Å². The molecule has 0 aromatic heterocycles. The van der Waals surface area contributed by atoms with E-state index in [-0.39, 0.29) is 0 Å². The lowest BCUT2D eigenvalue weighted by Gasteiger charge is -2.26. The van der Waals surface area contributed by atoms with Crippen molar-refractivity contribution in [2.24, 2.45) is 0 Å². The lowest BCUT2D eigenvalue weighted by atomic mass is 10.2. The Morgan fingerprint density at radius 1 is 1.29 bits per heavy atom. The molecule has 0 N–H and O–H groups in total. The molecule has 2 bridgehead atoms. The van der Waals surface area contributed by atoms with Gasteiger partial charge in [0.05, 0.1) is 0 Å². The van der Waals surface area contributed by atoms with Crippen molar-refractivity contribution in [2.45, 2.75) is 25.0 Å². The molecular formula is C12H15N2. The Hall–Kier alpha value is -0.860. The average molecular weight is 187 g/mol. The van der Waals surface area contributed by atoms with Crippen molar-refractivity contribution >= 4 is 0 Å². The van der Waals surface area contributed by atoms with Gasteiger partial charge in [0.1, 0.15) is 0 Å². The van der Waals surface area contributed by atoms with Gasteiger partial charge in [-0.25, -0.2) is 5.32 Å². The molecule has 1 aromatic carbocycles. The minimum absolute atomic E-state index is 0.642. The molecule has 2 atom stereocenters. The summed E-state index contributed by atoms with van der Waals surface area (Å²) < 4.78 is 0. The van der Waals surface area contributed by atoms with E-state index in [4.69, 9.17) is 0 Å². The predicted octanol–water partition coefficient (Wildman–Crippen LogP) is 1.25. The third kappa shape index (κ3) is 1.45. The molecular weight excluding hydrogens is 172 g/mol. The second-order valence-corrected chi connectivity index (χ2v) is 4.32. The topological polar surface area (TPSA) is 17.3 Å². The van der Waals surface area contributed by atoms with E-state index in [1.807, 2.05) is 0 Å². The Morgan fingerprint density at radius 2 is 2.14 bits per heavy atom. The summed E-state index contributed by atoms with van der Waals surface area (Å²) in [6.45, 7) is 3.36. The number of benzene rings is 1. The second-order valence-electron chi connectivity index (χ2n) is 4.32. The van der Waals surface area contributed by atoms with Crippen molar-refractivity contribution in [2.75, 3.05) is 13.1 Å². The summed E-state index contributed by atoms with van der Waals surface area (Å²) in [6, 6.07) is 12.1. The zero-order chi connectivity index (χ0) is 9.38. The highest BCUT2D eigenvalue weighted by Gasteiger charge is 2.38. The third-order valence-electron chi connectivity index (χ3n) is 3.31. The molecule has 2 aliphatic heterocycles. The lowest BCUT2D eigenvalue weighted by Crippen LogP contribution is -2.39. The van der Waals surface area contributed by atoms with Gasteiger partial charge in [-0.15, -0.1) is 0 Å². The fourth-order valence-corrected chi connectivity index (χ4v) is 2.56. The number of hydrogen-bond acceptors (Lipinski definition) is 1. The van der Waals surface area contributed by atoms with Crippen LogP contribution < -0.4 is 5.32 Å². The standard InChI is InChI=1S/C12H15N2/c1-2-4-10(5-3-1)8-14-9-11-6-12(14)7-13-11/h1-5,11-12H,6-9H2/t11?,12-/m0/s1. The third-order valence-corrected chi connectivity index (χ3v) is 3.31. The highest BCUT2D eigenvalue weighted by Crippen LogP contribution is 2.25. The molecule has 73 valence electrons. The van der Waals surface area contributed by atoms with E-state index in [0.717, 1.165) is 19.1 Å². The molecule has 3 rings (SSSR count). The van der Waals surface area contributed by atoms with Gasteiger partial charge in [0.25, 0.3) is 0 Å². The van der Waals surface area contributed by atoms with Crippen LogP contribution in [0.3, 0.4) is 0 Å². The number of rotatable bonds is 2. The van der Waals surface area contributed by atoms with Crippen LogP contribution in [0.5, 0.6) is 0 Å². The van der Waals surface area contributed by atoms with Crippen LogP contribution in [0.4, 0.5) is 0 Å². The summed E-state index contributed by atoms with van der Waals surface area (Å²) in [7, 11) is 0. The smallest absolute Gasteiger partial charge is 0.0389 e. The summed E-state index contributed by atoms with van der Waals surface area (Å²) in [5.74, 6) is 0. The Bertz CT molecular complexity index is 309. The van der Waals surface area contributed by atoms with Gasteiger partial charge in [-0.05, 0) is 12.0 Å². The number of fused-ring (bicyclic) bond motifs is 2. The monoisotopic (exact) mass is 187 g/mol. The molecule has 2 aliphatic rings.